The Morgan fingerprint density at radius 2 is 2.11 bits per heavy atom. The summed E-state index contributed by atoms with van der Waals surface area (Å²) >= 11 is 1.36. The van der Waals surface area contributed by atoms with Crippen molar-refractivity contribution in [3.05, 3.63) is 66.3 Å². The van der Waals surface area contributed by atoms with Crippen LogP contribution in [0.25, 0.3) is 32.6 Å². The van der Waals surface area contributed by atoms with Gasteiger partial charge in [0.25, 0.3) is 5.91 Å². The first-order valence-electron chi connectivity index (χ1n) is 11.0. The fourth-order valence-electron chi connectivity index (χ4n) is 3.68. The van der Waals surface area contributed by atoms with E-state index < -0.39 is 5.60 Å². The van der Waals surface area contributed by atoms with Crippen molar-refractivity contribution in [3.63, 3.8) is 0 Å². The van der Waals surface area contributed by atoms with Crippen molar-refractivity contribution >= 4 is 39.7 Å². The summed E-state index contributed by atoms with van der Waals surface area (Å²) in [5.41, 5.74) is 9.18. The first kappa shape index (κ1) is 22.8. The maximum absolute atomic E-state index is 13.0. The number of aryl methyl sites for hydroxylation is 1. The Hall–Kier alpha value is -4.02. The summed E-state index contributed by atoms with van der Waals surface area (Å²) in [4.78, 5) is 21.5. The Kier molecular flexibility index (Phi) is 5.83. The number of hydrogen-bond donors (Lipinski definition) is 3. The molecule has 0 saturated carbocycles. The van der Waals surface area contributed by atoms with E-state index in [-0.39, 0.29) is 5.91 Å². The molecule has 0 bridgehead atoms. The highest BCUT2D eigenvalue weighted by Crippen LogP contribution is 2.32. The van der Waals surface area contributed by atoms with E-state index in [1.54, 1.807) is 50.1 Å². The molecule has 10 heteroatoms. The summed E-state index contributed by atoms with van der Waals surface area (Å²) in [6.45, 7) is 4.11. The van der Waals surface area contributed by atoms with Gasteiger partial charge in [-0.2, -0.15) is 5.10 Å². The maximum atomic E-state index is 13.0. The Bertz CT molecular complexity index is 1500. The molecule has 0 saturated heterocycles. The first-order chi connectivity index (χ1) is 16.7. The third kappa shape index (κ3) is 5.08. The van der Waals surface area contributed by atoms with Gasteiger partial charge in [-0.1, -0.05) is 0 Å². The maximum Gasteiger partial charge on any atom is 0.275 e. The summed E-state index contributed by atoms with van der Waals surface area (Å²) in [6.07, 6.45) is 7.32. The Labute approximate surface area is 205 Å². The van der Waals surface area contributed by atoms with Gasteiger partial charge in [0.05, 0.1) is 18.1 Å². The molecule has 0 aliphatic carbocycles. The minimum Gasteiger partial charge on any atom is -0.472 e. The molecule has 0 radical (unpaired) electrons. The van der Waals surface area contributed by atoms with Crippen LogP contribution in [0, 0.1) is 0 Å². The van der Waals surface area contributed by atoms with Crippen LogP contribution in [0.1, 0.15) is 30.8 Å². The normalized spacial score (nSPS) is 11.7. The molecular weight excluding hydrogens is 464 g/mol. The van der Waals surface area contributed by atoms with Gasteiger partial charge in [-0.05, 0) is 50.6 Å². The van der Waals surface area contributed by atoms with Crippen LogP contribution in [0.5, 0.6) is 0 Å². The number of nitrogens with one attached hydrogen (secondary N) is 1. The van der Waals surface area contributed by atoms with Crippen LogP contribution in [0.4, 0.5) is 11.5 Å². The Morgan fingerprint density at radius 3 is 2.86 bits per heavy atom. The van der Waals surface area contributed by atoms with Crippen molar-refractivity contribution in [1.29, 1.82) is 0 Å². The number of carbonyl (C=O) groups excluding carboxylic acids is 1. The number of pyridine rings is 1. The topological polar surface area (TPSA) is 132 Å². The van der Waals surface area contributed by atoms with Gasteiger partial charge in [-0.15, -0.1) is 11.3 Å². The highest BCUT2D eigenvalue weighted by molar-refractivity contribution is 7.13. The van der Waals surface area contributed by atoms with Gasteiger partial charge in [0, 0.05) is 52.1 Å². The third-order valence-corrected chi connectivity index (χ3v) is 6.35. The van der Waals surface area contributed by atoms with Crippen LogP contribution < -0.4 is 11.1 Å². The highest BCUT2D eigenvalue weighted by Gasteiger charge is 2.17. The fraction of sp³-hybridized carbons (Fsp3) is 0.200. The molecular formula is C25H24N6O3S. The molecule has 0 aliphatic rings. The molecule has 0 unspecified atom stereocenters. The largest absolute Gasteiger partial charge is 0.472 e. The summed E-state index contributed by atoms with van der Waals surface area (Å²) in [6, 6.07) is 9.12. The van der Waals surface area contributed by atoms with Crippen LogP contribution in [0.15, 0.2) is 65.0 Å². The van der Waals surface area contributed by atoms with Gasteiger partial charge in [0.2, 0.25) is 0 Å². The van der Waals surface area contributed by atoms with Crippen LogP contribution >= 0.6 is 11.3 Å². The second-order valence-corrected chi connectivity index (χ2v) is 9.75. The Balaban J connectivity index is 1.44. The number of nitrogens with zero attached hydrogens (tertiary/aromatic N) is 4. The minimum absolute atomic E-state index is 0.311. The van der Waals surface area contributed by atoms with E-state index in [0.29, 0.717) is 35.2 Å². The number of fused-ring (bicyclic) bond motifs is 1. The smallest absolute Gasteiger partial charge is 0.275 e. The molecule has 1 amide bonds. The summed E-state index contributed by atoms with van der Waals surface area (Å²) < 4.78 is 7.09. The number of benzene rings is 1. The van der Waals surface area contributed by atoms with Gasteiger partial charge in [-0.3, -0.25) is 9.48 Å². The fourth-order valence-corrected chi connectivity index (χ4v) is 4.48. The number of rotatable bonds is 7. The SMILES string of the molecule is CC(C)(O)CCn1cc2cc(NC(=O)c3csc(-c4ccnc(N)c4)n3)cc(-c3ccoc3)c2n1. The molecule has 0 aliphatic heterocycles. The zero-order valence-electron chi connectivity index (χ0n) is 19.2. The lowest BCUT2D eigenvalue weighted by molar-refractivity contribution is 0.0651. The minimum atomic E-state index is -0.793. The van der Waals surface area contributed by atoms with E-state index in [0.717, 1.165) is 27.6 Å². The molecule has 4 N–H and O–H groups in total. The van der Waals surface area contributed by atoms with E-state index in [4.69, 9.17) is 15.2 Å². The van der Waals surface area contributed by atoms with E-state index in [1.807, 2.05) is 29.1 Å². The lowest BCUT2D eigenvalue weighted by Crippen LogP contribution is -2.21. The summed E-state index contributed by atoms with van der Waals surface area (Å²) in [5.74, 6) is 0.0772. The molecule has 1 aromatic carbocycles. The number of hydrogen-bond acceptors (Lipinski definition) is 8. The average molecular weight is 489 g/mol. The number of nitrogens with two attached hydrogens (primary N) is 1. The number of nitrogen functional groups attached to an aromatic ring is 1. The number of anilines is 2. The van der Waals surface area contributed by atoms with E-state index in [2.05, 4.69) is 15.3 Å². The number of carbonyl (C=O) groups is 1. The molecule has 0 spiro atoms. The van der Waals surface area contributed by atoms with Gasteiger partial charge in [-0.25, -0.2) is 9.97 Å². The molecule has 9 nitrogen and oxygen atoms in total. The van der Waals surface area contributed by atoms with E-state index in [9.17, 15) is 9.90 Å². The van der Waals surface area contributed by atoms with Crippen LogP contribution in [-0.4, -0.2) is 36.4 Å². The van der Waals surface area contributed by atoms with Gasteiger partial charge in [0.15, 0.2) is 0 Å². The quantitative estimate of drug-likeness (QED) is 0.299. The molecule has 0 atom stereocenters. The predicted octanol–water partition coefficient (Wildman–Crippen LogP) is 4.81. The predicted molar refractivity (Wildman–Crippen MR) is 136 cm³/mol. The average Bonchev–Trinajstić information content (AvgIpc) is 3.57. The Morgan fingerprint density at radius 1 is 1.26 bits per heavy atom. The molecule has 4 aromatic heterocycles. The summed E-state index contributed by atoms with van der Waals surface area (Å²) in [5, 5.41) is 21.0. The number of thiazole rings is 1. The number of aliphatic hydroxyl groups is 1. The van der Waals surface area contributed by atoms with Gasteiger partial charge >= 0.3 is 0 Å². The number of amides is 1. The first-order valence-corrected chi connectivity index (χ1v) is 11.9. The zero-order chi connectivity index (χ0) is 24.6. The highest BCUT2D eigenvalue weighted by atomic mass is 32.1. The number of aromatic nitrogens is 4. The van der Waals surface area contributed by atoms with Gasteiger partial charge < -0.3 is 20.6 Å². The lowest BCUT2D eigenvalue weighted by Gasteiger charge is -2.16. The molecule has 5 rings (SSSR count). The molecule has 4 heterocycles. The van der Waals surface area contributed by atoms with Crippen molar-refractivity contribution in [2.24, 2.45) is 0 Å². The standard InChI is InChI=1S/C25H24N6O3S/c1-25(2,33)5-7-31-12-17-9-18(11-19(22(17)30-31)16-4-8-34-13-16)28-23(32)20-14-35-24(29-20)15-3-6-27-21(26)10-15/h3-4,6,8-14,33H,5,7H2,1-2H3,(H2,26,27)(H,28,32). The monoisotopic (exact) mass is 488 g/mol. The lowest BCUT2D eigenvalue weighted by atomic mass is 10.0. The molecule has 178 valence electrons. The van der Waals surface area contributed by atoms with Crippen LogP contribution in [0.2, 0.25) is 0 Å². The second kappa shape index (κ2) is 8.97. The molecule has 35 heavy (non-hydrogen) atoms. The van der Waals surface area contributed by atoms with E-state index >= 15 is 0 Å². The second-order valence-electron chi connectivity index (χ2n) is 8.89. The van der Waals surface area contributed by atoms with Crippen molar-refractivity contribution in [3.8, 4) is 21.7 Å². The van der Waals surface area contributed by atoms with E-state index in [1.165, 1.54) is 11.3 Å². The van der Waals surface area contributed by atoms with Gasteiger partial charge in [0.1, 0.15) is 22.0 Å². The third-order valence-electron chi connectivity index (χ3n) is 5.46. The molecule has 5 aromatic rings. The summed E-state index contributed by atoms with van der Waals surface area (Å²) in [7, 11) is 0. The zero-order valence-corrected chi connectivity index (χ0v) is 20.0. The van der Waals surface area contributed by atoms with Crippen molar-refractivity contribution in [2.45, 2.75) is 32.4 Å². The van der Waals surface area contributed by atoms with Crippen molar-refractivity contribution < 1.29 is 14.3 Å². The van der Waals surface area contributed by atoms with Crippen LogP contribution in [-0.2, 0) is 6.54 Å². The molecule has 0 fully saturated rings. The van der Waals surface area contributed by atoms with Crippen molar-refractivity contribution in [2.75, 3.05) is 11.1 Å². The number of furan rings is 1. The van der Waals surface area contributed by atoms with Crippen molar-refractivity contribution in [1.82, 2.24) is 19.7 Å². The van der Waals surface area contributed by atoms with Crippen LogP contribution in [0.3, 0.4) is 0 Å².